The van der Waals surface area contributed by atoms with Gasteiger partial charge in [-0.2, -0.15) is 4.98 Å². The average Bonchev–Trinajstić information content (AvgIpc) is 3.31. The predicted octanol–water partition coefficient (Wildman–Crippen LogP) is 2.06. The third kappa shape index (κ3) is 5.26. The van der Waals surface area contributed by atoms with Crippen molar-refractivity contribution in [1.29, 1.82) is 0 Å². The molecule has 1 aliphatic heterocycles. The summed E-state index contributed by atoms with van der Waals surface area (Å²) in [5.74, 6) is -1.37. The maximum absolute atomic E-state index is 12.3. The van der Waals surface area contributed by atoms with E-state index < -0.39 is 11.9 Å². The molecule has 0 unspecified atom stereocenters. The number of aromatic nitrogens is 3. The molecule has 1 amide bonds. The van der Waals surface area contributed by atoms with Crippen LogP contribution < -0.4 is 5.32 Å². The lowest BCUT2D eigenvalue weighted by Crippen LogP contribution is -2.48. The molecular formula is C20H21N5O6S. The highest BCUT2D eigenvalue weighted by Gasteiger charge is 2.36. The number of anilines is 1. The molecule has 1 aromatic carbocycles. The van der Waals surface area contributed by atoms with Crippen molar-refractivity contribution < 1.29 is 29.1 Å². The number of fused-ring (bicyclic) bond motifs is 1. The Balaban J connectivity index is 0.000000363. The van der Waals surface area contributed by atoms with E-state index in [2.05, 4.69) is 38.3 Å². The van der Waals surface area contributed by atoms with Crippen molar-refractivity contribution in [3.05, 3.63) is 35.5 Å². The first-order chi connectivity index (χ1) is 15.3. The lowest BCUT2D eigenvalue weighted by atomic mass is 10.0. The minimum atomic E-state index is -1.82. The van der Waals surface area contributed by atoms with Crippen LogP contribution in [-0.2, 0) is 14.4 Å². The van der Waals surface area contributed by atoms with Gasteiger partial charge in [0, 0.05) is 19.0 Å². The molecule has 1 saturated heterocycles. The fraction of sp³-hybridized carbons (Fsp3) is 0.400. The second-order valence-electron chi connectivity index (χ2n) is 7.80. The Hall–Kier alpha value is -3.38. The summed E-state index contributed by atoms with van der Waals surface area (Å²) < 4.78 is 6.46. The van der Waals surface area contributed by atoms with Crippen molar-refractivity contribution >= 4 is 44.5 Å². The Bertz CT molecular complexity index is 1150. The number of rotatable bonds is 5. The van der Waals surface area contributed by atoms with Crippen molar-refractivity contribution in [2.24, 2.45) is 0 Å². The lowest BCUT2D eigenvalue weighted by molar-refractivity contribution is -0.159. The third-order valence-electron chi connectivity index (χ3n) is 5.05. The van der Waals surface area contributed by atoms with Gasteiger partial charge in [-0.05, 0) is 37.5 Å². The molecule has 3 aromatic rings. The summed E-state index contributed by atoms with van der Waals surface area (Å²) >= 11 is 1.51. The number of hydrogen-bond acceptors (Lipinski definition) is 9. The first kappa shape index (κ1) is 21.8. The van der Waals surface area contributed by atoms with E-state index in [1.54, 1.807) is 0 Å². The number of carbonyl (C=O) groups excluding carboxylic acids is 1. The van der Waals surface area contributed by atoms with Gasteiger partial charge in [0.2, 0.25) is 11.8 Å². The molecule has 3 heterocycles. The first-order valence-electron chi connectivity index (χ1n) is 9.97. The number of carbonyl (C=O) groups is 3. The molecule has 168 valence electrons. The minimum Gasteiger partial charge on any atom is -0.473 e. The fourth-order valence-electron chi connectivity index (χ4n) is 3.22. The summed E-state index contributed by atoms with van der Waals surface area (Å²) in [6.45, 7) is 3.96. The molecule has 3 N–H and O–H groups in total. The van der Waals surface area contributed by atoms with E-state index in [1.807, 2.05) is 12.1 Å². The quantitative estimate of drug-likeness (QED) is 0.482. The summed E-state index contributed by atoms with van der Waals surface area (Å²) in [6.07, 6.45) is 2.34. The normalized spacial score (nSPS) is 16.2. The van der Waals surface area contributed by atoms with Crippen LogP contribution in [0, 0.1) is 6.92 Å². The van der Waals surface area contributed by atoms with E-state index >= 15 is 0 Å². The molecule has 2 aliphatic rings. The Kier molecular flexibility index (Phi) is 6.15. The number of nitrogens with zero attached hydrogens (tertiary/aromatic N) is 4. The number of benzene rings is 1. The van der Waals surface area contributed by atoms with Crippen LogP contribution in [0.4, 0.5) is 5.13 Å². The molecule has 0 spiro atoms. The second kappa shape index (κ2) is 9.01. The SMILES string of the molecule is Cc1ccc2nc(NC(=O)CN3CC(c4nc(C5CC5)no4)C3)sc2c1.O=C(O)C(=O)O. The molecule has 1 aliphatic carbocycles. The lowest BCUT2D eigenvalue weighted by Gasteiger charge is -2.36. The van der Waals surface area contributed by atoms with Gasteiger partial charge in [-0.25, -0.2) is 14.6 Å². The third-order valence-corrected chi connectivity index (χ3v) is 5.98. The van der Waals surface area contributed by atoms with Crippen molar-refractivity contribution in [2.45, 2.75) is 31.6 Å². The Morgan fingerprint density at radius 2 is 1.88 bits per heavy atom. The molecule has 0 bridgehead atoms. The number of aliphatic carboxylic acids is 2. The molecule has 2 fully saturated rings. The molecule has 2 aromatic heterocycles. The van der Waals surface area contributed by atoms with E-state index in [9.17, 15) is 4.79 Å². The fourth-order valence-corrected chi connectivity index (χ4v) is 4.20. The van der Waals surface area contributed by atoms with E-state index in [-0.39, 0.29) is 11.8 Å². The predicted molar refractivity (Wildman–Crippen MR) is 114 cm³/mol. The summed E-state index contributed by atoms with van der Waals surface area (Å²) in [5, 5.41) is 22.4. The number of amides is 1. The average molecular weight is 459 g/mol. The van der Waals surface area contributed by atoms with Gasteiger partial charge in [0.25, 0.3) is 0 Å². The van der Waals surface area contributed by atoms with Crippen molar-refractivity contribution in [1.82, 2.24) is 20.0 Å². The number of likely N-dealkylation sites (tertiary alicyclic amines) is 1. The molecule has 5 rings (SSSR count). The number of nitrogens with one attached hydrogen (secondary N) is 1. The van der Waals surface area contributed by atoms with Gasteiger partial charge in [-0.1, -0.05) is 22.6 Å². The van der Waals surface area contributed by atoms with Crippen molar-refractivity contribution in [3.63, 3.8) is 0 Å². The van der Waals surface area contributed by atoms with Gasteiger partial charge in [0.05, 0.1) is 22.7 Å². The van der Waals surface area contributed by atoms with Gasteiger partial charge >= 0.3 is 11.9 Å². The summed E-state index contributed by atoms with van der Waals surface area (Å²) in [4.78, 5) is 41.5. The van der Waals surface area contributed by atoms with E-state index in [0.29, 0.717) is 23.5 Å². The number of hydrogen-bond donors (Lipinski definition) is 3. The van der Waals surface area contributed by atoms with Crippen LogP contribution in [0.2, 0.25) is 0 Å². The highest BCUT2D eigenvalue weighted by molar-refractivity contribution is 7.22. The van der Waals surface area contributed by atoms with Crippen molar-refractivity contribution in [3.8, 4) is 0 Å². The molecule has 12 heteroatoms. The minimum absolute atomic E-state index is 0.0385. The summed E-state index contributed by atoms with van der Waals surface area (Å²) in [7, 11) is 0. The van der Waals surface area contributed by atoms with E-state index in [0.717, 1.165) is 29.1 Å². The van der Waals surface area contributed by atoms with Gasteiger partial charge < -0.3 is 20.1 Å². The van der Waals surface area contributed by atoms with Crippen LogP contribution in [-0.4, -0.2) is 67.7 Å². The first-order valence-corrected chi connectivity index (χ1v) is 10.8. The van der Waals surface area contributed by atoms with Crippen LogP contribution in [0.5, 0.6) is 0 Å². The number of carboxylic acid groups (broad SMARTS) is 2. The maximum atomic E-state index is 12.3. The van der Waals surface area contributed by atoms with Gasteiger partial charge in [-0.15, -0.1) is 0 Å². The topological polar surface area (TPSA) is 159 Å². The highest BCUT2D eigenvalue weighted by Crippen LogP contribution is 2.39. The largest absolute Gasteiger partial charge is 0.473 e. The van der Waals surface area contributed by atoms with Gasteiger partial charge in [-0.3, -0.25) is 9.69 Å². The molecule has 0 atom stereocenters. The zero-order valence-corrected chi connectivity index (χ0v) is 18.0. The van der Waals surface area contributed by atoms with Crippen LogP contribution in [0.25, 0.3) is 10.2 Å². The van der Waals surface area contributed by atoms with Gasteiger partial charge in [0.1, 0.15) is 0 Å². The second-order valence-corrected chi connectivity index (χ2v) is 8.84. The van der Waals surface area contributed by atoms with Crippen LogP contribution in [0.3, 0.4) is 0 Å². The van der Waals surface area contributed by atoms with E-state index in [4.69, 9.17) is 24.3 Å². The number of carboxylic acids is 2. The molecule has 1 saturated carbocycles. The van der Waals surface area contributed by atoms with Crippen molar-refractivity contribution in [2.75, 3.05) is 25.0 Å². The standard InChI is InChI=1S/C18H19N5O2S.C2H2O4/c1-10-2-5-13-14(6-10)26-18(19-13)20-15(24)9-23-7-12(8-23)17-21-16(22-25-17)11-3-4-11;3-1(4)2(5)6/h2,5-6,11-12H,3-4,7-9H2,1H3,(H,19,20,24);(H,3,4)(H,5,6). The maximum Gasteiger partial charge on any atom is 0.414 e. The van der Waals surface area contributed by atoms with Gasteiger partial charge in [0.15, 0.2) is 11.0 Å². The zero-order chi connectivity index (χ0) is 22.8. The molecular weight excluding hydrogens is 438 g/mol. The Morgan fingerprint density at radius 3 is 2.53 bits per heavy atom. The summed E-state index contributed by atoms with van der Waals surface area (Å²) in [5.41, 5.74) is 2.11. The van der Waals surface area contributed by atoms with Crippen LogP contribution in [0.15, 0.2) is 22.7 Å². The summed E-state index contributed by atoms with van der Waals surface area (Å²) in [6, 6.07) is 6.10. The zero-order valence-electron chi connectivity index (χ0n) is 17.1. The van der Waals surface area contributed by atoms with E-state index in [1.165, 1.54) is 29.7 Å². The smallest absolute Gasteiger partial charge is 0.414 e. The molecule has 32 heavy (non-hydrogen) atoms. The highest BCUT2D eigenvalue weighted by atomic mass is 32.1. The van der Waals surface area contributed by atoms with Crippen LogP contribution in [0.1, 0.15) is 42.0 Å². The number of aryl methyl sites for hydroxylation is 1. The Morgan fingerprint density at radius 1 is 1.16 bits per heavy atom. The molecule has 11 nitrogen and oxygen atoms in total. The molecule has 0 radical (unpaired) electrons. The monoisotopic (exact) mass is 459 g/mol. The number of thiazole rings is 1. The Labute approximate surface area is 186 Å². The van der Waals surface area contributed by atoms with Crippen LogP contribution >= 0.6 is 11.3 Å².